The molecule has 0 aromatic carbocycles. The molecule has 8 unspecified atom stereocenters. The molecule has 5 nitrogen and oxygen atoms in total. The first-order chi connectivity index (χ1) is 16.4. The maximum absolute atomic E-state index is 13.4. The van der Waals surface area contributed by atoms with Gasteiger partial charge in [-0.25, -0.2) is 0 Å². The third-order valence-electron chi connectivity index (χ3n) is 8.36. The Morgan fingerprint density at radius 3 is 2.76 bits per heavy atom. The first-order valence-electron chi connectivity index (χ1n) is 13.0. The lowest BCUT2D eigenvalue weighted by Gasteiger charge is -2.37. The molecular weight excluding hydrogens is 426 g/mol. The highest BCUT2D eigenvalue weighted by atomic mass is 16.5. The molecule has 1 aliphatic heterocycles. The fourth-order valence-corrected chi connectivity index (χ4v) is 6.26. The van der Waals surface area contributed by atoms with Crippen molar-refractivity contribution in [3.05, 3.63) is 60.0 Å². The van der Waals surface area contributed by atoms with E-state index in [1.165, 1.54) is 18.4 Å². The molecule has 2 aliphatic carbocycles. The van der Waals surface area contributed by atoms with Gasteiger partial charge in [-0.1, -0.05) is 50.6 Å². The minimum atomic E-state index is -0.799. The van der Waals surface area contributed by atoms with Gasteiger partial charge in [0.15, 0.2) is 5.78 Å². The first-order valence-corrected chi connectivity index (χ1v) is 13.0. The minimum absolute atomic E-state index is 0.0310. The molecule has 2 heterocycles. The second kappa shape index (κ2) is 10.9. The molecular formula is C29H39NO4. The number of carbonyl (C=O) groups is 2. The summed E-state index contributed by atoms with van der Waals surface area (Å²) in [5.41, 5.74) is 1.90. The van der Waals surface area contributed by atoms with Gasteiger partial charge in [0.25, 0.3) is 0 Å². The molecule has 1 aromatic rings. The highest BCUT2D eigenvalue weighted by Gasteiger charge is 2.42. The molecule has 0 radical (unpaired) electrons. The van der Waals surface area contributed by atoms with E-state index in [0.717, 1.165) is 25.7 Å². The van der Waals surface area contributed by atoms with Crippen LogP contribution >= 0.6 is 0 Å². The van der Waals surface area contributed by atoms with Gasteiger partial charge >= 0.3 is 5.97 Å². The quantitative estimate of drug-likeness (QED) is 0.272. The second-order valence-electron chi connectivity index (χ2n) is 10.5. The van der Waals surface area contributed by atoms with Crippen molar-refractivity contribution in [2.45, 2.75) is 71.5 Å². The van der Waals surface area contributed by atoms with Crippen LogP contribution in [0.25, 0.3) is 0 Å². The van der Waals surface area contributed by atoms with Crippen LogP contribution in [0.4, 0.5) is 0 Å². The number of aliphatic carboxylic acids is 1. The van der Waals surface area contributed by atoms with Gasteiger partial charge in [-0.3, -0.25) is 9.59 Å². The normalized spacial score (nSPS) is 34.8. The fraction of sp³-hybridized carbons (Fsp3) is 0.586. The third kappa shape index (κ3) is 5.14. The summed E-state index contributed by atoms with van der Waals surface area (Å²) in [5.74, 6) is 0.237. The maximum Gasteiger partial charge on any atom is 0.308 e. The summed E-state index contributed by atoms with van der Waals surface area (Å²) in [7, 11) is 0. The number of carboxylic acid groups (broad SMARTS) is 1. The van der Waals surface area contributed by atoms with Crippen LogP contribution in [0.2, 0.25) is 0 Å². The van der Waals surface area contributed by atoms with Crippen LogP contribution in [0.5, 0.6) is 0 Å². The Morgan fingerprint density at radius 1 is 1.24 bits per heavy atom. The lowest BCUT2D eigenvalue weighted by Crippen LogP contribution is -2.40. The Hall–Kier alpha value is -2.40. The smallest absolute Gasteiger partial charge is 0.308 e. The van der Waals surface area contributed by atoms with Crippen molar-refractivity contribution >= 4 is 11.8 Å². The molecule has 0 spiro atoms. The molecule has 34 heavy (non-hydrogen) atoms. The molecule has 1 aromatic heterocycles. The van der Waals surface area contributed by atoms with Crippen molar-refractivity contribution in [3.63, 3.8) is 0 Å². The topological polar surface area (TPSA) is 79.4 Å². The molecule has 184 valence electrons. The monoisotopic (exact) mass is 465 g/mol. The van der Waals surface area contributed by atoms with Crippen molar-refractivity contribution in [2.24, 2.45) is 35.5 Å². The van der Waals surface area contributed by atoms with E-state index in [9.17, 15) is 14.7 Å². The summed E-state index contributed by atoms with van der Waals surface area (Å²) >= 11 is 0. The Labute approximate surface area is 203 Å². The van der Waals surface area contributed by atoms with Crippen LogP contribution in [0.15, 0.2) is 54.3 Å². The molecule has 4 rings (SSSR count). The van der Waals surface area contributed by atoms with E-state index in [-0.39, 0.29) is 29.8 Å². The fourth-order valence-electron chi connectivity index (χ4n) is 6.26. The standard InChI is InChI=1S/C29H39NO4/c1-4-20(28-18(2)13-16-25(34-28)19(3)29(32)33)8-5-10-22-15-14-21-9-6-11-23(21)26(22)27(31)24-12-7-17-30-24/h5,7-8,10,12,14-15,17-19,21-23,25-26,28,30H,4,6,9,11,13,16H2,1-3H3,(H,32,33)/b10-5+,20-8+. The summed E-state index contributed by atoms with van der Waals surface area (Å²) in [6.45, 7) is 6.05. The largest absolute Gasteiger partial charge is 0.481 e. The van der Waals surface area contributed by atoms with E-state index in [1.54, 1.807) is 6.92 Å². The average Bonchev–Trinajstić information content (AvgIpc) is 3.53. The summed E-state index contributed by atoms with van der Waals surface area (Å²) < 4.78 is 6.33. The van der Waals surface area contributed by atoms with Crippen LogP contribution in [0.3, 0.4) is 0 Å². The van der Waals surface area contributed by atoms with E-state index in [1.807, 2.05) is 18.3 Å². The number of rotatable bonds is 8. The van der Waals surface area contributed by atoms with Crippen LogP contribution in [0.1, 0.15) is 69.8 Å². The lowest BCUT2D eigenvalue weighted by atomic mass is 9.69. The van der Waals surface area contributed by atoms with Gasteiger partial charge in [0.05, 0.1) is 23.8 Å². The van der Waals surface area contributed by atoms with E-state index in [0.29, 0.717) is 23.4 Å². The zero-order valence-electron chi connectivity index (χ0n) is 20.7. The summed E-state index contributed by atoms with van der Waals surface area (Å²) in [5, 5.41) is 9.43. The molecule has 5 heteroatoms. The number of allylic oxidation sites excluding steroid dienone is 5. The van der Waals surface area contributed by atoms with E-state index < -0.39 is 11.9 Å². The Kier molecular flexibility index (Phi) is 7.92. The number of hydrogen-bond acceptors (Lipinski definition) is 3. The van der Waals surface area contributed by atoms with Crippen molar-refractivity contribution < 1.29 is 19.4 Å². The molecule has 2 fully saturated rings. The molecule has 0 bridgehead atoms. The highest BCUT2D eigenvalue weighted by molar-refractivity contribution is 5.97. The molecule has 1 saturated heterocycles. The van der Waals surface area contributed by atoms with Gasteiger partial charge in [-0.05, 0) is 74.5 Å². The van der Waals surface area contributed by atoms with Gasteiger partial charge in [0.2, 0.25) is 0 Å². The van der Waals surface area contributed by atoms with Crippen LogP contribution in [-0.2, 0) is 9.53 Å². The Bertz CT molecular complexity index is 943. The van der Waals surface area contributed by atoms with Gasteiger partial charge in [-0.2, -0.15) is 0 Å². The van der Waals surface area contributed by atoms with Crippen LogP contribution in [-0.4, -0.2) is 34.1 Å². The van der Waals surface area contributed by atoms with Gasteiger partial charge in [0.1, 0.15) is 0 Å². The first kappa shape index (κ1) is 24.7. The van der Waals surface area contributed by atoms with Crippen LogP contribution in [0, 0.1) is 35.5 Å². The average molecular weight is 466 g/mol. The van der Waals surface area contributed by atoms with Gasteiger partial charge in [-0.15, -0.1) is 0 Å². The molecule has 0 amide bonds. The molecule has 2 N–H and O–H groups in total. The van der Waals surface area contributed by atoms with Crippen molar-refractivity contribution in [3.8, 4) is 0 Å². The number of fused-ring (bicyclic) bond motifs is 1. The Morgan fingerprint density at radius 2 is 2.06 bits per heavy atom. The SMILES string of the molecule is CC/C(=C\C=C\C1C=CC2CCCC2C1C(=O)c1ccc[nH]1)C1OC(C(C)C(=O)O)CCC1C. The maximum atomic E-state index is 13.4. The van der Waals surface area contributed by atoms with Crippen LogP contribution < -0.4 is 0 Å². The second-order valence-corrected chi connectivity index (χ2v) is 10.5. The van der Waals surface area contributed by atoms with Crippen molar-refractivity contribution in [1.29, 1.82) is 0 Å². The number of ketones is 1. The molecule has 1 saturated carbocycles. The zero-order chi connectivity index (χ0) is 24.2. The number of nitrogens with one attached hydrogen (secondary N) is 1. The minimum Gasteiger partial charge on any atom is -0.481 e. The number of aromatic nitrogens is 1. The van der Waals surface area contributed by atoms with Crippen molar-refractivity contribution in [1.82, 2.24) is 4.98 Å². The number of aromatic amines is 1. The van der Waals surface area contributed by atoms with Crippen molar-refractivity contribution in [2.75, 3.05) is 0 Å². The van der Waals surface area contributed by atoms with Gasteiger partial charge in [0, 0.05) is 18.0 Å². The zero-order valence-corrected chi connectivity index (χ0v) is 20.7. The number of Topliss-reactive ketones (excluding diaryl/α,β-unsaturated/α-hetero) is 1. The molecule has 8 atom stereocenters. The predicted molar refractivity (Wildman–Crippen MR) is 133 cm³/mol. The number of H-pyrrole nitrogens is 1. The predicted octanol–water partition coefficient (Wildman–Crippen LogP) is 6.21. The Balaban J connectivity index is 1.53. The summed E-state index contributed by atoms with van der Waals surface area (Å²) in [6.07, 6.45) is 18.6. The van der Waals surface area contributed by atoms with Gasteiger partial charge < -0.3 is 14.8 Å². The molecule has 3 aliphatic rings. The van der Waals surface area contributed by atoms with E-state index in [2.05, 4.69) is 49.2 Å². The number of carbonyl (C=O) groups excluding carboxylic acids is 1. The summed E-state index contributed by atoms with van der Waals surface area (Å²) in [4.78, 5) is 28.0. The highest BCUT2D eigenvalue weighted by Crippen LogP contribution is 2.46. The van der Waals surface area contributed by atoms with E-state index >= 15 is 0 Å². The number of carboxylic acids is 1. The lowest BCUT2D eigenvalue weighted by molar-refractivity contribution is -0.152. The third-order valence-corrected chi connectivity index (χ3v) is 8.36. The number of ether oxygens (including phenoxy) is 1. The van der Waals surface area contributed by atoms with E-state index in [4.69, 9.17) is 4.74 Å². The summed E-state index contributed by atoms with van der Waals surface area (Å²) in [6, 6.07) is 3.78. The number of hydrogen-bond donors (Lipinski definition) is 2.